The third kappa shape index (κ3) is 6.61. The maximum atomic E-state index is 12.7. The number of hydrogen-bond donors (Lipinski definition) is 0. The summed E-state index contributed by atoms with van der Waals surface area (Å²) in [6.45, 7) is 14.1. The number of hydrogen-bond acceptors (Lipinski definition) is 5. The highest BCUT2D eigenvalue weighted by atomic mass is 16.6. The second kappa shape index (κ2) is 9.01. The van der Waals surface area contributed by atoms with E-state index in [4.69, 9.17) is 9.47 Å². The molecular formula is C22H35N3O4. The van der Waals surface area contributed by atoms with Gasteiger partial charge < -0.3 is 14.4 Å². The van der Waals surface area contributed by atoms with E-state index in [0.717, 1.165) is 24.8 Å². The van der Waals surface area contributed by atoms with Gasteiger partial charge in [0.05, 0.1) is 6.04 Å². The normalized spacial score (nSPS) is 17.6. The van der Waals surface area contributed by atoms with Crippen molar-refractivity contribution in [2.75, 3.05) is 18.0 Å². The fraction of sp³-hybridized carbons (Fsp3) is 0.682. The smallest absolute Gasteiger partial charge is 0.415 e. The summed E-state index contributed by atoms with van der Waals surface area (Å²) < 4.78 is 11.0. The quantitative estimate of drug-likeness (QED) is 0.682. The van der Waals surface area contributed by atoms with Gasteiger partial charge >= 0.3 is 12.2 Å². The molecule has 0 aromatic carbocycles. The molecule has 1 aliphatic rings. The lowest BCUT2D eigenvalue weighted by Crippen LogP contribution is -2.42. The number of rotatable bonds is 3. The number of pyridine rings is 1. The molecule has 2 rings (SSSR count). The Labute approximate surface area is 174 Å². The molecule has 2 heterocycles. The SMILES string of the molecule is CCN(C(=O)OC(C)(C)C)c1ccc([C@@H]2CCCCN2C(=O)OC(C)(C)C)cn1. The number of piperidine rings is 1. The van der Waals surface area contributed by atoms with Crippen LogP contribution in [0.2, 0.25) is 0 Å². The third-order valence-corrected chi connectivity index (χ3v) is 4.49. The van der Waals surface area contributed by atoms with Crippen LogP contribution in [0.15, 0.2) is 18.3 Å². The summed E-state index contributed by atoms with van der Waals surface area (Å²) in [5.74, 6) is 0.533. The van der Waals surface area contributed by atoms with Gasteiger partial charge in [-0.3, -0.25) is 4.90 Å². The summed E-state index contributed by atoms with van der Waals surface area (Å²) in [4.78, 5) is 32.9. The van der Waals surface area contributed by atoms with Crippen molar-refractivity contribution in [1.82, 2.24) is 9.88 Å². The second-order valence-electron chi connectivity index (χ2n) is 9.36. The highest BCUT2D eigenvalue weighted by Gasteiger charge is 2.32. The number of anilines is 1. The third-order valence-electron chi connectivity index (χ3n) is 4.49. The van der Waals surface area contributed by atoms with Gasteiger partial charge in [0.1, 0.15) is 17.0 Å². The molecule has 1 aromatic heterocycles. The van der Waals surface area contributed by atoms with E-state index in [0.29, 0.717) is 18.9 Å². The summed E-state index contributed by atoms with van der Waals surface area (Å²) in [7, 11) is 0. The fourth-order valence-electron chi connectivity index (χ4n) is 3.27. The number of carbonyl (C=O) groups excluding carboxylic acids is 2. The van der Waals surface area contributed by atoms with Crippen molar-refractivity contribution in [3.8, 4) is 0 Å². The zero-order valence-corrected chi connectivity index (χ0v) is 18.8. The summed E-state index contributed by atoms with van der Waals surface area (Å²) in [6.07, 6.45) is 3.90. The molecule has 29 heavy (non-hydrogen) atoms. The maximum Gasteiger partial charge on any atom is 0.415 e. The van der Waals surface area contributed by atoms with E-state index < -0.39 is 17.3 Å². The summed E-state index contributed by atoms with van der Waals surface area (Å²) in [6, 6.07) is 3.67. The topological polar surface area (TPSA) is 72.0 Å². The van der Waals surface area contributed by atoms with Gasteiger partial charge in [0.15, 0.2) is 0 Å². The number of amides is 2. The van der Waals surface area contributed by atoms with E-state index in [1.165, 1.54) is 4.90 Å². The van der Waals surface area contributed by atoms with E-state index in [-0.39, 0.29) is 12.1 Å². The maximum absolute atomic E-state index is 12.7. The van der Waals surface area contributed by atoms with Crippen LogP contribution in [0.5, 0.6) is 0 Å². The molecule has 1 fully saturated rings. The Morgan fingerprint density at radius 2 is 1.76 bits per heavy atom. The molecule has 0 unspecified atom stereocenters. The van der Waals surface area contributed by atoms with Crippen molar-refractivity contribution in [3.63, 3.8) is 0 Å². The number of carbonyl (C=O) groups is 2. The average molecular weight is 406 g/mol. The molecule has 2 amide bonds. The van der Waals surface area contributed by atoms with Crippen LogP contribution in [0.25, 0.3) is 0 Å². The van der Waals surface area contributed by atoms with Crippen LogP contribution < -0.4 is 4.90 Å². The molecule has 0 radical (unpaired) electrons. The second-order valence-corrected chi connectivity index (χ2v) is 9.36. The van der Waals surface area contributed by atoms with Crippen molar-refractivity contribution in [2.24, 2.45) is 0 Å². The Morgan fingerprint density at radius 1 is 1.10 bits per heavy atom. The lowest BCUT2D eigenvalue weighted by molar-refractivity contribution is 0.00947. The molecule has 1 atom stereocenters. The molecular weight excluding hydrogens is 370 g/mol. The Morgan fingerprint density at radius 3 is 2.28 bits per heavy atom. The number of aromatic nitrogens is 1. The monoisotopic (exact) mass is 405 g/mol. The first kappa shape index (κ1) is 23.0. The fourth-order valence-corrected chi connectivity index (χ4v) is 3.27. The molecule has 0 saturated carbocycles. The highest BCUT2D eigenvalue weighted by molar-refractivity contribution is 5.86. The number of ether oxygens (including phenoxy) is 2. The van der Waals surface area contributed by atoms with Crippen LogP contribution in [-0.2, 0) is 9.47 Å². The minimum atomic E-state index is -0.569. The van der Waals surface area contributed by atoms with E-state index >= 15 is 0 Å². The van der Waals surface area contributed by atoms with Crippen molar-refractivity contribution >= 4 is 18.0 Å². The highest BCUT2D eigenvalue weighted by Crippen LogP contribution is 2.32. The van der Waals surface area contributed by atoms with Crippen LogP contribution in [0.3, 0.4) is 0 Å². The van der Waals surface area contributed by atoms with Crippen LogP contribution >= 0.6 is 0 Å². The van der Waals surface area contributed by atoms with Gasteiger partial charge in [0.2, 0.25) is 0 Å². The lowest BCUT2D eigenvalue weighted by atomic mass is 9.97. The zero-order chi connectivity index (χ0) is 21.8. The van der Waals surface area contributed by atoms with Crippen molar-refractivity contribution in [2.45, 2.75) is 85.0 Å². The van der Waals surface area contributed by atoms with Crippen LogP contribution in [0.4, 0.5) is 15.4 Å². The van der Waals surface area contributed by atoms with E-state index in [2.05, 4.69) is 4.98 Å². The van der Waals surface area contributed by atoms with E-state index in [9.17, 15) is 9.59 Å². The first-order valence-corrected chi connectivity index (χ1v) is 10.4. The van der Waals surface area contributed by atoms with Gasteiger partial charge in [-0.1, -0.05) is 6.07 Å². The number of nitrogens with zero attached hydrogens (tertiary/aromatic N) is 3. The first-order chi connectivity index (χ1) is 13.4. The molecule has 0 N–H and O–H groups in total. The molecule has 162 valence electrons. The van der Waals surface area contributed by atoms with Gasteiger partial charge in [-0.2, -0.15) is 0 Å². The zero-order valence-electron chi connectivity index (χ0n) is 18.8. The molecule has 0 bridgehead atoms. The van der Waals surface area contributed by atoms with Gasteiger partial charge in [-0.15, -0.1) is 0 Å². The minimum Gasteiger partial charge on any atom is -0.444 e. The Hall–Kier alpha value is -2.31. The molecule has 0 spiro atoms. The first-order valence-electron chi connectivity index (χ1n) is 10.4. The predicted molar refractivity (Wildman–Crippen MR) is 113 cm³/mol. The largest absolute Gasteiger partial charge is 0.444 e. The summed E-state index contributed by atoms with van der Waals surface area (Å²) in [5, 5.41) is 0. The molecule has 1 aliphatic heterocycles. The lowest BCUT2D eigenvalue weighted by Gasteiger charge is -2.37. The van der Waals surface area contributed by atoms with Crippen molar-refractivity contribution < 1.29 is 19.1 Å². The molecule has 1 saturated heterocycles. The van der Waals surface area contributed by atoms with Crippen LogP contribution in [-0.4, -0.2) is 46.4 Å². The average Bonchev–Trinajstić information content (AvgIpc) is 2.60. The van der Waals surface area contributed by atoms with Gasteiger partial charge in [-0.05, 0) is 79.4 Å². The van der Waals surface area contributed by atoms with E-state index in [1.54, 1.807) is 11.1 Å². The van der Waals surface area contributed by atoms with Crippen molar-refractivity contribution in [1.29, 1.82) is 0 Å². The molecule has 7 nitrogen and oxygen atoms in total. The van der Waals surface area contributed by atoms with Crippen molar-refractivity contribution in [3.05, 3.63) is 23.9 Å². The van der Waals surface area contributed by atoms with Crippen LogP contribution in [0.1, 0.15) is 79.3 Å². The standard InChI is InChI=1S/C22H35N3O4/c1-8-24(19(26)28-21(2,3)4)18-13-12-16(15-23-18)17-11-9-10-14-25(17)20(27)29-22(5,6)7/h12-13,15,17H,8-11,14H2,1-7H3/t17-/m0/s1. The van der Waals surface area contributed by atoms with Gasteiger partial charge in [0, 0.05) is 19.3 Å². The summed E-state index contributed by atoms with van der Waals surface area (Å²) >= 11 is 0. The summed E-state index contributed by atoms with van der Waals surface area (Å²) in [5.41, 5.74) is -0.156. The van der Waals surface area contributed by atoms with Gasteiger partial charge in [0.25, 0.3) is 0 Å². The van der Waals surface area contributed by atoms with Crippen LogP contribution in [0, 0.1) is 0 Å². The Kier molecular flexibility index (Phi) is 7.14. The Bertz CT molecular complexity index is 704. The minimum absolute atomic E-state index is 0.0725. The Balaban J connectivity index is 2.18. The molecule has 7 heteroatoms. The molecule has 1 aromatic rings. The number of likely N-dealkylation sites (tertiary alicyclic amines) is 1. The predicted octanol–water partition coefficient (Wildman–Crippen LogP) is 5.31. The van der Waals surface area contributed by atoms with Gasteiger partial charge in [-0.25, -0.2) is 14.6 Å². The van der Waals surface area contributed by atoms with E-state index in [1.807, 2.05) is 60.6 Å². The molecule has 0 aliphatic carbocycles.